The molecular formula is C22H20ClNO5. The number of hydrogen-bond donors (Lipinski definition) is 0. The Bertz CT molecular complexity index is 1150. The molecule has 4 rings (SSSR count). The van der Waals surface area contributed by atoms with E-state index in [1.807, 2.05) is 24.0 Å². The van der Waals surface area contributed by atoms with E-state index < -0.39 is 11.6 Å². The van der Waals surface area contributed by atoms with Crippen LogP contribution in [0.25, 0.3) is 11.0 Å². The third-order valence-electron chi connectivity index (χ3n) is 4.96. The highest BCUT2D eigenvalue weighted by atomic mass is 35.5. The van der Waals surface area contributed by atoms with E-state index in [4.69, 9.17) is 25.5 Å². The van der Waals surface area contributed by atoms with E-state index in [0.29, 0.717) is 46.1 Å². The maximum atomic E-state index is 12.4. The molecule has 0 N–H and O–H groups in total. The molecular weight excluding hydrogens is 394 g/mol. The predicted octanol–water partition coefficient (Wildman–Crippen LogP) is 4.54. The quantitative estimate of drug-likeness (QED) is 0.462. The van der Waals surface area contributed by atoms with Gasteiger partial charge in [-0.25, -0.2) is 9.59 Å². The molecule has 0 spiro atoms. The lowest BCUT2D eigenvalue weighted by Gasteiger charge is -2.32. The molecule has 3 aromatic rings. The second-order valence-corrected chi connectivity index (χ2v) is 7.10. The highest BCUT2D eigenvalue weighted by molar-refractivity contribution is 6.33. The number of nitrogens with zero attached hydrogens (tertiary/aromatic N) is 1. The summed E-state index contributed by atoms with van der Waals surface area (Å²) in [6.07, 6.45) is 0.674. The monoisotopic (exact) mass is 413 g/mol. The summed E-state index contributed by atoms with van der Waals surface area (Å²) in [5.74, 6) is 0.102. The topological polar surface area (TPSA) is 69.0 Å². The fraction of sp³-hybridized carbons (Fsp3) is 0.273. The van der Waals surface area contributed by atoms with Crippen LogP contribution in [0.2, 0.25) is 5.02 Å². The van der Waals surface area contributed by atoms with Crippen molar-refractivity contribution in [2.45, 2.75) is 26.8 Å². The highest BCUT2D eigenvalue weighted by Gasteiger charge is 2.27. The Balaban J connectivity index is 1.84. The number of ether oxygens (including phenoxy) is 2. The number of fused-ring (bicyclic) bond motifs is 3. The number of halogens is 1. The Morgan fingerprint density at radius 2 is 2.03 bits per heavy atom. The average Bonchev–Trinajstić information content (AvgIpc) is 2.74. The van der Waals surface area contributed by atoms with Crippen molar-refractivity contribution < 1.29 is 18.7 Å². The van der Waals surface area contributed by atoms with Gasteiger partial charge in [0.15, 0.2) is 6.73 Å². The minimum absolute atomic E-state index is 0.201. The minimum atomic E-state index is -0.414. The van der Waals surface area contributed by atoms with Gasteiger partial charge in [0.05, 0.1) is 35.0 Å². The number of rotatable bonds is 4. The van der Waals surface area contributed by atoms with Crippen LogP contribution in [0.15, 0.2) is 45.6 Å². The molecule has 1 aliphatic heterocycles. The van der Waals surface area contributed by atoms with E-state index in [0.717, 1.165) is 10.9 Å². The molecule has 0 atom stereocenters. The maximum absolute atomic E-state index is 12.4. The molecule has 7 heteroatoms. The smallest absolute Gasteiger partial charge is 0.340 e. The van der Waals surface area contributed by atoms with Crippen LogP contribution in [-0.2, 0) is 17.7 Å². The van der Waals surface area contributed by atoms with E-state index in [1.54, 1.807) is 25.1 Å². The summed E-state index contributed by atoms with van der Waals surface area (Å²) in [5.41, 5.74) is 2.73. The molecule has 29 heavy (non-hydrogen) atoms. The molecule has 0 radical (unpaired) electrons. The summed E-state index contributed by atoms with van der Waals surface area (Å²) >= 11 is 6.47. The zero-order valence-corrected chi connectivity index (χ0v) is 16.9. The molecule has 2 aromatic carbocycles. The van der Waals surface area contributed by atoms with Gasteiger partial charge in [0, 0.05) is 11.5 Å². The summed E-state index contributed by atoms with van der Waals surface area (Å²) in [7, 11) is 0. The van der Waals surface area contributed by atoms with E-state index in [2.05, 4.69) is 0 Å². The average molecular weight is 414 g/mol. The zero-order valence-electron chi connectivity index (χ0n) is 16.2. The van der Waals surface area contributed by atoms with Gasteiger partial charge in [0.25, 0.3) is 0 Å². The van der Waals surface area contributed by atoms with Crippen LogP contribution in [0.1, 0.15) is 35.3 Å². The Hall–Kier alpha value is -2.99. The fourth-order valence-corrected chi connectivity index (χ4v) is 3.91. The van der Waals surface area contributed by atoms with Gasteiger partial charge in [0.1, 0.15) is 11.3 Å². The third kappa shape index (κ3) is 3.44. The third-order valence-corrected chi connectivity index (χ3v) is 5.24. The summed E-state index contributed by atoms with van der Waals surface area (Å²) < 4.78 is 16.6. The van der Waals surface area contributed by atoms with Crippen molar-refractivity contribution in [1.82, 2.24) is 0 Å². The van der Waals surface area contributed by atoms with E-state index in [1.165, 1.54) is 6.07 Å². The Morgan fingerprint density at radius 3 is 2.79 bits per heavy atom. The number of esters is 1. The van der Waals surface area contributed by atoms with Gasteiger partial charge in [-0.2, -0.15) is 0 Å². The second-order valence-electron chi connectivity index (χ2n) is 6.70. The molecule has 2 heterocycles. The van der Waals surface area contributed by atoms with Crippen LogP contribution < -0.4 is 15.3 Å². The molecule has 6 nitrogen and oxygen atoms in total. The maximum Gasteiger partial charge on any atom is 0.340 e. The summed E-state index contributed by atoms with van der Waals surface area (Å²) in [6.45, 7) is 4.60. The molecule has 0 fully saturated rings. The van der Waals surface area contributed by atoms with Crippen LogP contribution in [0.5, 0.6) is 5.75 Å². The van der Waals surface area contributed by atoms with E-state index in [9.17, 15) is 9.59 Å². The summed E-state index contributed by atoms with van der Waals surface area (Å²) in [4.78, 5) is 26.4. The SMILES string of the molecule is CCOC(=O)c1ccccc1N1COc2c(Cl)cc3c(CC)cc(=O)oc3c2C1. The molecule has 0 aliphatic carbocycles. The van der Waals surface area contributed by atoms with Crippen molar-refractivity contribution in [2.24, 2.45) is 0 Å². The zero-order chi connectivity index (χ0) is 20.5. The lowest BCUT2D eigenvalue weighted by molar-refractivity contribution is 0.0527. The molecule has 1 aromatic heterocycles. The number of hydrogen-bond acceptors (Lipinski definition) is 6. The van der Waals surface area contributed by atoms with Gasteiger partial charge in [-0.3, -0.25) is 0 Å². The van der Waals surface area contributed by atoms with Gasteiger partial charge in [-0.1, -0.05) is 30.7 Å². The van der Waals surface area contributed by atoms with Gasteiger partial charge in [-0.05, 0) is 37.1 Å². The van der Waals surface area contributed by atoms with Crippen molar-refractivity contribution in [3.8, 4) is 5.75 Å². The van der Waals surface area contributed by atoms with Gasteiger partial charge in [-0.15, -0.1) is 0 Å². The first-order valence-corrected chi connectivity index (χ1v) is 9.83. The number of benzene rings is 2. The minimum Gasteiger partial charge on any atom is -0.471 e. The molecule has 0 unspecified atom stereocenters. The summed E-state index contributed by atoms with van der Waals surface area (Å²) in [5, 5.41) is 1.26. The van der Waals surface area contributed by atoms with Gasteiger partial charge < -0.3 is 18.8 Å². The molecule has 0 bridgehead atoms. The lowest BCUT2D eigenvalue weighted by Crippen LogP contribution is -2.33. The second kappa shape index (κ2) is 7.79. The number of anilines is 1. The normalized spacial score (nSPS) is 13.1. The van der Waals surface area contributed by atoms with Crippen LogP contribution in [0.4, 0.5) is 5.69 Å². The van der Waals surface area contributed by atoms with Crippen LogP contribution in [-0.4, -0.2) is 19.3 Å². The largest absolute Gasteiger partial charge is 0.471 e. The van der Waals surface area contributed by atoms with E-state index >= 15 is 0 Å². The van der Waals surface area contributed by atoms with Gasteiger partial charge >= 0.3 is 11.6 Å². The van der Waals surface area contributed by atoms with Crippen molar-refractivity contribution in [1.29, 1.82) is 0 Å². The molecule has 0 amide bonds. The Kier molecular flexibility index (Phi) is 5.20. The van der Waals surface area contributed by atoms with Crippen molar-refractivity contribution in [3.63, 3.8) is 0 Å². The van der Waals surface area contributed by atoms with Crippen molar-refractivity contribution >= 4 is 34.2 Å². The molecule has 0 saturated heterocycles. The first kappa shape index (κ1) is 19.3. The number of aryl methyl sites for hydroxylation is 1. The standard InChI is InChI=1S/C22H20ClNO5/c1-3-13-9-19(25)29-20-15(13)10-17(23)21-16(20)11-24(12-28-21)18-8-6-5-7-14(18)22(26)27-4-2/h5-10H,3-4,11-12H2,1-2H3. The Labute approximate surface area is 172 Å². The predicted molar refractivity (Wildman–Crippen MR) is 111 cm³/mol. The summed E-state index contributed by atoms with van der Waals surface area (Å²) in [6, 6.07) is 10.4. The molecule has 1 aliphatic rings. The first-order chi connectivity index (χ1) is 14.0. The van der Waals surface area contributed by atoms with Gasteiger partial charge in [0.2, 0.25) is 0 Å². The molecule has 0 saturated carbocycles. The van der Waals surface area contributed by atoms with Crippen molar-refractivity contribution in [2.75, 3.05) is 18.2 Å². The number of carbonyl (C=O) groups is 1. The first-order valence-electron chi connectivity index (χ1n) is 9.45. The molecule has 150 valence electrons. The van der Waals surface area contributed by atoms with Crippen LogP contribution in [0, 0.1) is 0 Å². The van der Waals surface area contributed by atoms with Crippen molar-refractivity contribution in [3.05, 3.63) is 68.5 Å². The highest BCUT2D eigenvalue weighted by Crippen LogP contribution is 2.40. The Morgan fingerprint density at radius 1 is 1.24 bits per heavy atom. The van der Waals surface area contributed by atoms with Crippen LogP contribution in [0.3, 0.4) is 0 Å². The van der Waals surface area contributed by atoms with Crippen LogP contribution >= 0.6 is 11.6 Å². The van der Waals surface area contributed by atoms with E-state index in [-0.39, 0.29) is 13.3 Å². The number of para-hydroxylation sites is 1. The fourth-order valence-electron chi connectivity index (χ4n) is 3.63. The number of carbonyl (C=O) groups excluding carboxylic acids is 1. The lowest BCUT2D eigenvalue weighted by atomic mass is 10.0.